The van der Waals surface area contributed by atoms with Gasteiger partial charge < -0.3 is 5.11 Å². The van der Waals surface area contributed by atoms with E-state index in [1.54, 1.807) is 0 Å². The maximum atomic E-state index is 13.7. The van der Waals surface area contributed by atoms with Crippen LogP contribution in [0, 0.1) is 5.95 Å². The summed E-state index contributed by atoms with van der Waals surface area (Å²) in [6.07, 6.45) is 0.944. The van der Waals surface area contributed by atoms with Crippen LogP contribution >= 0.6 is 58.0 Å². The molecule has 2 nitrogen and oxygen atoms in total. The molecule has 8 heteroatoms. The summed E-state index contributed by atoms with van der Waals surface area (Å²) in [7, 11) is 0. The van der Waals surface area contributed by atoms with Crippen LogP contribution in [0.15, 0.2) is 12.3 Å². The summed E-state index contributed by atoms with van der Waals surface area (Å²) in [5.74, 6) is -1.14. The lowest BCUT2D eigenvalue weighted by atomic mass is 10.1. The van der Waals surface area contributed by atoms with Crippen LogP contribution in [0.5, 0.6) is 5.75 Å². The van der Waals surface area contributed by atoms with Crippen molar-refractivity contribution in [2.75, 3.05) is 0 Å². The van der Waals surface area contributed by atoms with Crippen molar-refractivity contribution in [3.05, 3.63) is 43.3 Å². The maximum absolute atomic E-state index is 13.7. The number of benzene rings is 1. The van der Waals surface area contributed by atoms with Gasteiger partial charge >= 0.3 is 0 Å². The van der Waals surface area contributed by atoms with Gasteiger partial charge in [-0.1, -0.05) is 58.0 Å². The Morgan fingerprint density at radius 3 is 1.89 bits per heavy atom. The van der Waals surface area contributed by atoms with Crippen molar-refractivity contribution in [3.63, 3.8) is 0 Å². The number of nitrogens with zero attached hydrogens (tertiary/aromatic N) is 1. The molecule has 19 heavy (non-hydrogen) atoms. The average Bonchev–Trinajstić information content (AvgIpc) is 2.38. The summed E-state index contributed by atoms with van der Waals surface area (Å²) < 4.78 is 13.7. The number of rotatable bonds is 1. The molecule has 1 heterocycles. The van der Waals surface area contributed by atoms with Crippen molar-refractivity contribution in [2.24, 2.45) is 0 Å². The lowest BCUT2D eigenvalue weighted by Gasteiger charge is -2.13. The van der Waals surface area contributed by atoms with E-state index in [9.17, 15) is 9.50 Å². The van der Waals surface area contributed by atoms with Crippen LogP contribution in [0.25, 0.3) is 11.1 Å². The van der Waals surface area contributed by atoms with E-state index in [2.05, 4.69) is 4.98 Å². The van der Waals surface area contributed by atoms with Gasteiger partial charge in [0.05, 0.1) is 31.3 Å². The van der Waals surface area contributed by atoms with Crippen LogP contribution < -0.4 is 0 Å². The zero-order valence-corrected chi connectivity index (χ0v) is 12.6. The Morgan fingerprint density at radius 2 is 1.37 bits per heavy atom. The third kappa shape index (κ3) is 2.58. The van der Waals surface area contributed by atoms with Crippen molar-refractivity contribution in [3.8, 4) is 16.9 Å². The maximum Gasteiger partial charge on any atom is 0.221 e. The summed E-state index contributed by atoms with van der Waals surface area (Å²) >= 11 is 29.6. The molecular weight excluding hydrogens is 358 g/mol. The highest BCUT2D eigenvalue weighted by atomic mass is 35.5. The van der Waals surface area contributed by atoms with E-state index in [4.69, 9.17) is 58.0 Å². The zero-order valence-electron chi connectivity index (χ0n) is 8.82. The summed E-state index contributed by atoms with van der Waals surface area (Å²) in [5, 5.41) is 9.06. The van der Waals surface area contributed by atoms with Crippen LogP contribution in [-0.4, -0.2) is 10.1 Å². The van der Waals surface area contributed by atoms with Gasteiger partial charge in [0.25, 0.3) is 0 Å². The highest BCUT2D eigenvalue weighted by molar-refractivity contribution is 6.56. The standard InChI is InChI=1S/C11H3Cl5FNO/c12-6-5(4-1-3(19)2-18-11(4)17)7(13)9(15)10(16)8(6)14/h1-2,19H. The number of pyridine rings is 1. The molecule has 2 aromatic rings. The Balaban J connectivity index is 2.87. The van der Waals surface area contributed by atoms with E-state index < -0.39 is 5.95 Å². The second-order valence-corrected chi connectivity index (χ2v) is 5.37. The van der Waals surface area contributed by atoms with E-state index in [0.29, 0.717) is 0 Å². The SMILES string of the molecule is Oc1cnc(F)c(-c2c(Cl)c(Cl)c(Cl)c(Cl)c2Cl)c1. The van der Waals surface area contributed by atoms with Crippen LogP contribution in [0.3, 0.4) is 0 Å². The minimum absolute atomic E-state index is 0.0173. The van der Waals surface area contributed by atoms with Crippen molar-refractivity contribution < 1.29 is 9.50 Å². The van der Waals surface area contributed by atoms with Gasteiger partial charge in [0, 0.05) is 11.1 Å². The largest absolute Gasteiger partial charge is 0.506 e. The highest BCUT2D eigenvalue weighted by Crippen LogP contribution is 2.48. The smallest absolute Gasteiger partial charge is 0.221 e. The first-order valence-corrected chi connectivity index (χ1v) is 6.60. The predicted octanol–water partition coefficient (Wildman–Crippen LogP) is 5.86. The van der Waals surface area contributed by atoms with Crippen LogP contribution in [0.1, 0.15) is 0 Å². The van der Waals surface area contributed by atoms with Gasteiger partial charge in [-0.2, -0.15) is 4.39 Å². The van der Waals surface area contributed by atoms with Gasteiger partial charge in [-0.15, -0.1) is 0 Å². The fourth-order valence-electron chi connectivity index (χ4n) is 1.45. The summed E-state index contributed by atoms with van der Waals surface area (Å²) in [4.78, 5) is 3.37. The van der Waals surface area contributed by atoms with E-state index in [1.807, 2.05) is 0 Å². The molecule has 0 atom stereocenters. The normalized spacial score (nSPS) is 10.8. The van der Waals surface area contributed by atoms with Crippen molar-refractivity contribution in [1.29, 1.82) is 0 Å². The predicted molar refractivity (Wildman–Crippen MR) is 76.3 cm³/mol. The Labute approximate surface area is 132 Å². The summed E-state index contributed by atoms with van der Waals surface area (Å²) in [6.45, 7) is 0. The molecule has 1 N–H and O–H groups in total. The first kappa shape index (κ1) is 14.9. The molecule has 0 fully saturated rings. The Kier molecular flexibility index (Phi) is 4.33. The minimum Gasteiger partial charge on any atom is -0.506 e. The van der Waals surface area contributed by atoms with E-state index >= 15 is 0 Å². The summed E-state index contributed by atoms with van der Waals surface area (Å²) in [6, 6.07) is 1.11. The molecule has 0 aliphatic carbocycles. The minimum atomic E-state index is -0.879. The van der Waals surface area contributed by atoms with E-state index in [1.165, 1.54) is 0 Å². The summed E-state index contributed by atoms with van der Waals surface area (Å²) in [5.41, 5.74) is -0.112. The first-order valence-electron chi connectivity index (χ1n) is 4.71. The van der Waals surface area contributed by atoms with Crippen LogP contribution in [-0.2, 0) is 0 Å². The average molecular weight is 361 g/mol. The van der Waals surface area contributed by atoms with Crippen molar-refractivity contribution in [1.82, 2.24) is 4.98 Å². The van der Waals surface area contributed by atoms with Gasteiger partial charge in [-0.05, 0) is 6.07 Å². The van der Waals surface area contributed by atoms with Gasteiger partial charge in [-0.25, -0.2) is 4.98 Å². The number of aromatic hydroxyl groups is 1. The third-order valence-electron chi connectivity index (χ3n) is 2.30. The molecule has 1 aromatic carbocycles. The monoisotopic (exact) mass is 359 g/mol. The fourth-order valence-corrected chi connectivity index (χ4v) is 2.80. The molecular formula is C11H3Cl5FNO. The molecule has 0 saturated carbocycles. The topological polar surface area (TPSA) is 33.1 Å². The Bertz CT molecular complexity index is 648. The number of halogens is 6. The first-order chi connectivity index (χ1) is 8.84. The highest BCUT2D eigenvalue weighted by Gasteiger charge is 2.23. The molecule has 100 valence electrons. The van der Waals surface area contributed by atoms with E-state index in [0.717, 1.165) is 12.3 Å². The second kappa shape index (κ2) is 5.51. The third-order valence-corrected chi connectivity index (χ3v) is 4.58. The molecule has 0 spiro atoms. The molecule has 0 amide bonds. The van der Waals surface area contributed by atoms with Crippen molar-refractivity contribution in [2.45, 2.75) is 0 Å². The molecule has 0 bridgehead atoms. The lowest BCUT2D eigenvalue weighted by Crippen LogP contribution is -1.92. The lowest BCUT2D eigenvalue weighted by molar-refractivity contribution is 0.467. The van der Waals surface area contributed by atoms with Gasteiger partial charge in [-0.3, -0.25) is 0 Å². The number of hydrogen-bond acceptors (Lipinski definition) is 2. The molecule has 0 saturated heterocycles. The quantitative estimate of drug-likeness (QED) is 0.392. The molecule has 0 aliphatic rings. The molecule has 0 unspecified atom stereocenters. The molecule has 2 rings (SSSR count). The Hall–Kier alpha value is -0.450. The van der Waals surface area contributed by atoms with E-state index in [-0.39, 0.29) is 42.0 Å². The molecule has 0 radical (unpaired) electrons. The number of hydrogen-bond donors (Lipinski definition) is 1. The second-order valence-electron chi connectivity index (χ2n) is 3.48. The van der Waals surface area contributed by atoms with Gasteiger partial charge in [0.2, 0.25) is 5.95 Å². The molecule has 0 aliphatic heterocycles. The van der Waals surface area contributed by atoms with Gasteiger partial charge in [0.1, 0.15) is 5.75 Å². The van der Waals surface area contributed by atoms with Crippen LogP contribution in [0.4, 0.5) is 4.39 Å². The number of aromatic nitrogens is 1. The zero-order chi connectivity index (χ0) is 14.3. The Morgan fingerprint density at radius 1 is 0.895 bits per heavy atom. The van der Waals surface area contributed by atoms with Crippen LogP contribution in [0.2, 0.25) is 25.1 Å². The van der Waals surface area contributed by atoms with Crippen molar-refractivity contribution >= 4 is 58.0 Å². The fraction of sp³-hybridized carbons (Fsp3) is 0. The molecule has 1 aromatic heterocycles. The van der Waals surface area contributed by atoms with Gasteiger partial charge in [0.15, 0.2) is 0 Å².